The van der Waals surface area contributed by atoms with Crippen LogP contribution in [0.3, 0.4) is 0 Å². The number of methoxy groups -OCH3 is 1. The van der Waals surface area contributed by atoms with Gasteiger partial charge in [-0.25, -0.2) is 4.39 Å². The van der Waals surface area contributed by atoms with E-state index in [-0.39, 0.29) is 41.5 Å². The molecule has 1 heterocycles. The summed E-state index contributed by atoms with van der Waals surface area (Å²) in [6, 6.07) is 9.44. The molecule has 10 heteroatoms. The number of carbonyl (C=O) groups is 2. The lowest BCUT2D eigenvalue weighted by Gasteiger charge is -2.20. The molecule has 0 radical (unpaired) electrons. The van der Waals surface area contributed by atoms with Gasteiger partial charge in [0, 0.05) is 29.4 Å². The zero-order valence-electron chi connectivity index (χ0n) is 17.4. The third-order valence-electron chi connectivity index (χ3n) is 4.60. The average Bonchev–Trinajstić information content (AvgIpc) is 3.26. The van der Waals surface area contributed by atoms with Crippen molar-refractivity contribution in [2.45, 2.75) is 26.0 Å². The maximum atomic E-state index is 14.3. The van der Waals surface area contributed by atoms with E-state index < -0.39 is 17.6 Å². The van der Waals surface area contributed by atoms with E-state index in [0.717, 1.165) is 11.7 Å². The van der Waals surface area contributed by atoms with Gasteiger partial charge < -0.3 is 20.6 Å². The third kappa shape index (κ3) is 5.21. The number of hydrogen-bond acceptors (Lipinski definition) is 9. The highest BCUT2D eigenvalue weighted by molar-refractivity contribution is 6.99. The van der Waals surface area contributed by atoms with Gasteiger partial charge in [0.25, 0.3) is 0 Å². The van der Waals surface area contributed by atoms with E-state index in [9.17, 15) is 19.1 Å². The molecule has 0 spiro atoms. The first-order valence-corrected chi connectivity index (χ1v) is 10.3. The number of hydrogen-bond donors (Lipinski definition) is 3. The zero-order valence-corrected chi connectivity index (χ0v) is 18.2. The van der Waals surface area contributed by atoms with E-state index in [1.54, 1.807) is 24.3 Å². The van der Waals surface area contributed by atoms with Gasteiger partial charge in [-0.3, -0.25) is 9.59 Å². The predicted molar refractivity (Wildman–Crippen MR) is 119 cm³/mol. The number of rotatable bonds is 10. The summed E-state index contributed by atoms with van der Waals surface area (Å²) in [4.78, 5) is 25.1. The lowest BCUT2D eigenvalue weighted by atomic mass is 9.97. The van der Waals surface area contributed by atoms with Crippen LogP contribution in [0.25, 0.3) is 11.3 Å². The van der Waals surface area contributed by atoms with E-state index in [0.29, 0.717) is 17.0 Å². The number of aliphatic hydroxyl groups is 1. The van der Waals surface area contributed by atoms with Crippen molar-refractivity contribution in [1.82, 2.24) is 8.75 Å². The van der Waals surface area contributed by atoms with Crippen molar-refractivity contribution in [1.29, 1.82) is 5.41 Å². The van der Waals surface area contributed by atoms with Gasteiger partial charge in [0.2, 0.25) is 5.78 Å². The second-order valence-corrected chi connectivity index (χ2v) is 7.54. The first kappa shape index (κ1) is 23.2. The molecule has 0 saturated heterocycles. The maximum Gasteiger partial charge on any atom is 0.212 e. The Morgan fingerprint density at radius 3 is 2.66 bits per heavy atom. The summed E-state index contributed by atoms with van der Waals surface area (Å²) in [7, 11) is 1.46. The molecule has 32 heavy (non-hydrogen) atoms. The van der Waals surface area contributed by atoms with Crippen molar-refractivity contribution in [2.75, 3.05) is 12.4 Å². The van der Waals surface area contributed by atoms with Crippen LogP contribution >= 0.6 is 11.7 Å². The molecule has 0 aliphatic carbocycles. The number of halogens is 1. The summed E-state index contributed by atoms with van der Waals surface area (Å²) < 4.78 is 27.7. The zero-order chi connectivity index (χ0) is 23.3. The summed E-state index contributed by atoms with van der Waals surface area (Å²) in [5.74, 6) is -1.04. The lowest BCUT2D eigenvalue weighted by Crippen LogP contribution is -2.38. The number of nitrogens with zero attached hydrogens (tertiary/aromatic N) is 2. The standard InChI is InChI=1S/C22H21FN4O4S/c1-12(29)7-18(24)20(25-14-8-13(11-28)9-15(10-14)31-2)22(30)21-19(26-32-27-21)16-5-3-4-6-17(16)23/h3-6,8-10,20,24-25,28H,7,11H2,1-2H3. The fourth-order valence-electron chi connectivity index (χ4n) is 3.12. The molecule has 0 fully saturated rings. The van der Waals surface area contributed by atoms with Crippen LogP contribution in [-0.4, -0.2) is 44.3 Å². The Hall–Kier alpha value is -3.50. The third-order valence-corrected chi connectivity index (χ3v) is 5.12. The largest absolute Gasteiger partial charge is 0.497 e. The van der Waals surface area contributed by atoms with Gasteiger partial charge in [0.15, 0.2) is 5.69 Å². The number of benzene rings is 2. The Kier molecular flexibility index (Phi) is 7.39. The van der Waals surface area contributed by atoms with Gasteiger partial charge in [-0.05, 0) is 36.8 Å². The van der Waals surface area contributed by atoms with Gasteiger partial charge >= 0.3 is 0 Å². The lowest BCUT2D eigenvalue weighted by molar-refractivity contribution is -0.115. The first-order chi connectivity index (χ1) is 15.3. The molecule has 3 N–H and O–H groups in total. The van der Waals surface area contributed by atoms with Crippen LogP contribution < -0.4 is 10.1 Å². The van der Waals surface area contributed by atoms with Crippen molar-refractivity contribution in [3.8, 4) is 17.0 Å². The quantitative estimate of drug-likeness (QED) is 0.315. The number of aliphatic hydroxyl groups excluding tert-OH is 1. The molecule has 1 unspecified atom stereocenters. The van der Waals surface area contributed by atoms with E-state index in [4.69, 9.17) is 10.1 Å². The normalized spacial score (nSPS) is 11.6. The van der Waals surface area contributed by atoms with Crippen LogP contribution in [0.1, 0.15) is 29.4 Å². The number of Topliss-reactive ketones (excluding diaryl/α,β-unsaturated/α-hetero) is 2. The minimum atomic E-state index is -1.26. The Balaban J connectivity index is 2.02. The molecule has 3 aromatic rings. The summed E-state index contributed by atoms with van der Waals surface area (Å²) in [6.45, 7) is 1.06. The van der Waals surface area contributed by atoms with Crippen molar-refractivity contribution in [2.24, 2.45) is 0 Å². The average molecular weight is 456 g/mol. The molecule has 0 saturated carbocycles. The van der Waals surface area contributed by atoms with Gasteiger partial charge in [-0.15, -0.1) is 0 Å². The monoisotopic (exact) mass is 456 g/mol. The van der Waals surface area contributed by atoms with Crippen LogP contribution in [-0.2, 0) is 11.4 Å². The summed E-state index contributed by atoms with van der Waals surface area (Å²) in [5, 5.41) is 20.8. The highest BCUT2D eigenvalue weighted by Crippen LogP contribution is 2.27. The Morgan fingerprint density at radius 1 is 1.25 bits per heavy atom. The summed E-state index contributed by atoms with van der Waals surface area (Å²) in [6.07, 6.45) is -0.257. The molecule has 1 atom stereocenters. The summed E-state index contributed by atoms with van der Waals surface area (Å²) in [5.41, 5.74) is 0.835. The number of ether oxygens (including phenoxy) is 1. The number of aromatic nitrogens is 2. The van der Waals surface area contributed by atoms with Crippen LogP contribution in [0.5, 0.6) is 5.75 Å². The molecule has 166 valence electrons. The topological polar surface area (TPSA) is 125 Å². The van der Waals surface area contributed by atoms with Crippen molar-refractivity contribution < 1.29 is 23.8 Å². The van der Waals surface area contributed by atoms with Crippen LogP contribution in [0, 0.1) is 11.2 Å². The second kappa shape index (κ2) is 10.2. The summed E-state index contributed by atoms with van der Waals surface area (Å²) >= 11 is 0.754. The predicted octanol–water partition coefficient (Wildman–Crippen LogP) is 3.51. The van der Waals surface area contributed by atoms with E-state index >= 15 is 0 Å². The van der Waals surface area contributed by atoms with Crippen LogP contribution in [0.15, 0.2) is 42.5 Å². The highest BCUT2D eigenvalue weighted by Gasteiger charge is 2.31. The van der Waals surface area contributed by atoms with E-state index in [1.807, 2.05) is 0 Å². The fourth-order valence-corrected chi connectivity index (χ4v) is 3.68. The van der Waals surface area contributed by atoms with E-state index in [1.165, 1.54) is 32.2 Å². The molecule has 1 aromatic heterocycles. The molecule has 0 aliphatic heterocycles. The first-order valence-electron chi connectivity index (χ1n) is 9.57. The fraction of sp³-hybridized carbons (Fsp3) is 0.227. The molecule has 0 amide bonds. The Morgan fingerprint density at radius 2 is 2.00 bits per heavy atom. The minimum Gasteiger partial charge on any atom is -0.497 e. The highest BCUT2D eigenvalue weighted by atomic mass is 32.1. The number of carbonyl (C=O) groups excluding carboxylic acids is 2. The molecule has 2 aromatic carbocycles. The van der Waals surface area contributed by atoms with Crippen molar-refractivity contribution in [3.63, 3.8) is 0 Å². The van der Waals surface area contributed by atoms with Gasteiger partial charge in [-0.2, -0.15) is 8.75 Å². The number of ketones is 2. The maximum absolute atomic E-state index is 14.3. The van der Waals surface area contributed by atoms with Crippen LogP contribution in [0.2, 0.25) is 0 Å². The number of nitrogens with one attached hydrogen (secondary N) is 2. The van der Waals surface area contributed by atoms with Gasteiger partial charge in [0.1, 0.15) is 29.1 Å². The molecular formula is C22H21FN4O4S. The number of anilines is 1. The molecule has 3 rings (SSSR count). The molecule has 0 aliphatic rings. The van der Waals surface area contributed by atoms with Crippen LogP contribution in [0.4, 0.5) is 10.1 Å². The smallest absolute Gasteiger partial charge is 0.212 e. The molecule has 0 bridgehead atoms. The Labute approximate surface area is 187 Å². The Bertz CT molecular complexity index is 1140. The van der Waals surface area contributed by atoms with Gasteiger partial charge in [0.05, 0.1) is 25.4 Å². The second-order valence-electron chi connectivity index (χ2n) is 7.01. The van der Waals surface area contributed by atoms with Gasteiger partial charge in [-0.1, -0.05) is 12.1 Å². The molecule has 8 nitrogen and oxygen atoms in total. The SMILES string of the molecule is COc1cc(CO)cc(NC(C(=N)CC(C)=O)C(=O)c2nsnc2-c2ccccc2F)c1. The minimum absolute atomic E-state index is 0.0715. The van der Waals surface area contributed by atoms with Crippen molar-refractivity contribution >= 4 is 34.7 Å². The molecular weight excluding hydrogens is 435 g/mol. The van der Waals surface area contributed by atoms with Crippen molar-refractivity contribution in [3.05, 3.63) is 59.5 Å². The van der Waals surface area contributed by atoms with E-state index in [2.05, 4.69) is 14.1 Å².